The molecule has 1 aliphatic rings. The summed E-state index contributed by atoms with van der Waals surface area (Å²) in [6, 6.07) is 5.57. The molecular weight excluding hydrogens is 357 g/mol. The number of nitrogens with one attached hydrogen (secondary N) is 1. The van der Waals surface area contributed by atoms with Gasteiger partial charge in [0.2, 0.25) is 5.91 Å². The summed E-state index contributed by atoms with van der Waals surface area (Å²) in [6.45, 7) is 4.49. The van der Waals surface area contributed by atoms with Crippen molar-refractivity contribution >= 4 is 34.8 Å². The van der Waals surface area contributed by atoms with E-state index in [-0.39, 0.29) is 11.8 Å². The van der Waals surface area contributed by atoms with Gasteiger partial charge in [-0.1, -0.05) is 48.5 Å². The summed E-state index contributed by atoms with van der Waals surface area (Å²) in [5, 5.41) is 8.76. The van der Waals surface area contributed by atoms with E-state index >= 15 is 0 Å². The van der Waals surface area contributed by atoms with Crippen LogP contribution in [-0.4, -0.2) is 15.7 Å². The molecule has 2 aromatic rings. The Kier molecular flexibility index (Phi) is 5.70. The molecule has 1 amide bonds. The Morgan fingerprint density at radius 3 is 2.60 bits per heavy atom. The molecule has 6 heteroatoms. The van der Waals surface area contributed by atoms with Gasteiger partial charge in [-0.3, -0.25) is 9.48 Å². The van der Waals surface area contributed by atoms with Crippen molar-refractivity contribution in [3.05, 3.63) is 45.2 Å². The maximum atomic E-state index is 12.5. The topological polar surface area (TPSA) is 46.9 Å². The van der Waals surface area contributed by atoms with Crippen LogP contribution < -0.4 is 5.32 Å². The molecule has 1 heterocycles. The molecule has 0 saturated heterocycles. The van der Waals surface area contributed by atoms with E-state index in [1.54, 1.807) is 6.07 Å². The minimum atomic E-state index is 0.125. The molecule has 1 aromatic heterocycles. The predicted molar refractivity (Wildman–Crippen MR) is 102 cm³/mol. The molecule has 0 aliphatic heterocycles. The number of hydrogen-bond donors (Lipinski definition) is 1. The second-order valence-corrected chi connectivity index (χ2v) is 7.59. The minimum Gasteiger partial charge on any atom is -0.323 e. The second kappa shape index (κ2) is 7.79. The van der Waals surface area contributed by atoms with Crippen LogP contribution in [0.15, 0.2) is 18.2 Å². The largest absolute Gasteiger partial charge is 0.323 e. The SMILES string of the molecule is Cc1nn(Cc2ccc(Cl)c(Cl)c2)c(C)c1NC(=O)C1CCCCC1. The summed E-state index contributed by atoms with van der Waals surface area (Å²) >= 11 is 12.1. The molecule has 0 bridgehead atoms. The normalized spacial score (nSPS) is 15.4. The first-order valence-electron chi connectivity index (χ1n) is 8.74. The zero-order valence-corrected chi connectivity index (χ0v) is 16.1. The van der Waals surface area contributed by atoms with Crippen LogP contribution in [0.2, 0.25) is 10.0 Å². The second-order valence-electron chi connectivity index (χ2n) is 6.78. The lowest BCUT2D eigenvalue weighted by Crippen LogP contribution is -2.25. The molecule has 1 aliphatic carbocycles. The number of aryl methyl sites for hydroxylation is 1. The average molecular weight is 380 g/mol. The van der Waals surface area contributed by atoms with Crippen molar-refractivity contribution in [1.82, 2.24) is 9.78 Å². The van der Waals surface area contributed by atoms with Crippen molar-refractivity contribution in [2.45, 2.75) is 52.5 Å². The minimum absolute atomic E-state index is 0.125. The molecular formula is C19H23Cl2N3O. The molecule has 3 rings (SSSR count). The summed E-state index contributed by atoms with van der Waals surface area (Å²) in [6.07, 6.45) is 5.51. The van der Waals surface area contributed by atoms with E-state index < -0.39 is 0 Å². The molecule has 1 N–H and O–H groups in total. The van der Waals surface area contributed by atoms with Gasteiger partial charge in [-0.25, -0.2) is 0 Å². The van der Waals surface area contributed by atoms with Crippen molar-refractivity contribution in [2.75, 3.05) is 5.32 Å². The van der Waals surface area contributed by atoms with Crippen LogP contribution >= 0.6 is 23.2 Å². The van der Waals surface area contributed by atoms with E-state index in [0.29, 0.717) is 16.6 Å². The predicted octanol–water partition coefficient (Wildman–Crippen LogP) is 5.37. The lowest BCUT2D eigenvalue weighted by molar-refractivity contribution is -0.120. The van der Waals surface area contributed by atoms with Crippen molar-refractivity contribution in [1.29, 1.82) is 0 Å². The van der Waals surface area contributed by atoms with Crippen LogP contribution in [0, 0.1) is 19.8 Å². The van der Waals surface area contributed by atoms with Crippen molar-refractivity contribution in [3.8, 4) is 0 Å². The third-order valence-corrected chi connectivity index (χ3v) is 5.66. The highest BCUT2D eigenvalue weighted by Gasteiger charge is 2.23. The van der Waals surface area contributed by atoms with Crippen molar-refractivity contribution in [2.24, 2.45) is 5.92 Å². The number of rotatable bonds is 4. The fourth-order valence-corrected chi connectivity index (χ4v) is 3.75. The standard InChI is InChI=1S/C19H23Cl2N3O/c1-12-18(22-19(25)15-6-4-3-5-7-15)13(2)24(23-12)11-14-8-9-16(20)17(21)10-14/h8-10,15H,3-7,11H2,1-2H3,(H,22,25). The molecule has 1 saturated carbocycles. The maximum absolute atomic E-state index is 12.5. The maximum Gasteiger partial charge on any atom is 0.227 e. The van der Waals surface area contributed by atoms with Gasteiger partial charge >= 0.3 is 0 Å². The molecule has 1 aromatic carbocycles. The Morgan fingerprint density at radius 1 is 1.20 bits per heavy atom. The van der Waals surface area contributed by atoms with Crippen LogP contribution in [-0.2, 0) is 11.3 Å². The van der Waals surface area contributed by atoms with Crippen LogP contribution in [0.25, 0.3) is 0 Å². The van der Waals surface area contributed by atoms with Gasteiger partial charge < -0.3 is 5.32 Å². The molecule has 134 valence electrons. The fourth-order valence-electron chi connectivity index (χ4n) is 3.43. The first kappa shape index (κ1) is 18.3. The summed E-state index contributed by atoms with van der Waals surface area (Å²) in [5.41, 5.74) is 3.63. The highest BCUT2D eigenvalue weighted by Crippen LogP contribution is 2.28. The summed E-state index contributed by atoms with van der Waals surface area (Å²) in [4.78, 5) is 12.5. The number of benzene rings is 1. The number of amides is 1. The third kappa shape index (κ3) is 4.18. The molecule has 25 heavy (non-hydrogen) atoms. The first-order valence-corrected chi connectivity index (χ1v) is 9.50. The zero-order valence-electron chi connectivity index (χ0n) is 14.6. The fraction of sp³-hybridized carbons (Fsp3) is 0.474. The lowest BCUT2D eigenvalue weighted by atomic mass is 9.88. The van der Waals surface area contributed by atoms with Crippen LogP contribution in [0.5, 0.6) is 0 Å². The summed E-state index contributed by atoms with van der Waals surface area (Å²) in [5.74, 6) is 0.256. The zero-order chi connectivity index (χ0) is 18.0. The Morgan fingerprint density at radius 2 is 1.92 bits per heavy atom. The molecule has 0 atom stereocenters. The van der Waals surface area contributed by atoms with Gasteiger partial charge in [0.05, 0.1) is 33.7 Å². The summed E-state index contributed by atoms with van der Waals surface area (Å²) < 4.78 is 1.89. The van der Waals surface area contributed by atoms with E-state index in [0.717, 1.165) is 48.3 Å². The van der Waals surface area contributed by atoms with Gasteiger partial charge in [-0.2, -0.15) is 5.10 Å². The first-order chi connectivity index (χ1) is 12.0. The Bertz CT molecular complexity index is 779. The van der Waals surface area contributed by atoms with Gasteiger partial charge in [0, 0.05) is 5.92 Å². The highest BCUT2D eigenvalue weighted by atomic mass is 35.5. The van der Waals surface area contributed by atoms with Gasteiger partial charge in [-0.05, 0) is 44.4 Å². The lowest BCUT2D eigenvalue weighted by Gasteiger charge is -2.20. The molecule has 1 fully saturated rings. The average Bonchev–Trinajstić information content (AvgIpc) is 2.86. The quantitative estimate of drug-likeness (QED) is 0.775. The smallest absolute Gasteiger partial charge is 0.227 e. The molecule has 0 radical (unpaired) electrons. The number of carbonyl (C=O) groups excluding carboxylic acids is 1. The number of anilines is 1. The van der Waals surface area contributed by atoms with E-state index in [9.17, 15) is 4.79 Å². The van der Waals surface area contributed by atoms with Crippen molar-refractivity contribution < 1.29 is 4.79 Å². The van der Waals surface area contributed by atoms with E-state index in [4.69, 9.17) is 23.2 Å². The van der Waals surface area contributed by atoms with Gasteiger partial charge in [-0.15, -0.1) is 0 Å². The van der Waals surface area contributed by atoms with Gasteiger partial charge in [0.25, 0.3) is 0 Å². The van der Waals surface area contributed by atoms with E-state index in [1.165, 1.54) is 6.42 Å². The van der Waals surface area contributed by atoms with Crippen LogP contribution in [0.4, 0.5) is 5.69 Å². The molecule has 0 spiro atoms. The Hall–Kier alpha value is -1.52. The molecule has 4 nitrogen and oxygen atoms in total. The highest BCUT2D eigenvalue weighted by molar-refractivity contribution is 6.42. The number of aromatic nitrogens is 2. The summed E-state index contributed by atoms with van der Waals surface area (Å²) in [7, 11) is 0. The Labute approximate surface area is 158 Å². The van der Waals surface area contributed by atoms with Crippen LogP contribution in [0.1, 0.15) is 49.1 Å². The molecule has 0 unspecified atom stereocenters. The van der Waals surface area contributed by atoms with Gasteiger partial charge in [0.15, 0.2) is 0 Å². The number of halogens is 2. The number of hydrogen-bond acceptors (Lipinski definition) is 2. The monoisotopic (exact) mass is 379 g/mol. The Balaban J connectivity index is 1.75. The van der Waals surface area contributed by atoms with Gasteiger partial charge in [0.1, 0.15) is 0 Å². The van der Waals surface area contributed by atoms with Crippen LogP contribution in [0.3, 0.4) is 0 Å². The van der Waals surface area contributed by atoms with E-state index in [1.807, 2.05) is 30.7 Å². The third-order valence-electron chi connectivity index (χ3n) is 4.92. The van der Waals surface area contributed by atoms with E-state index in [2.05, 4.69) is 10.4 Å². The number of nitrogens with zero attached hydrogens (tertiary/aromatic N) is 2. The van der Waals surface area contributed by atoms with Crippen molar-refractivity contribution in [3.63, 3.8) is 0 Å². The number of carbonyl (C=O) groups is 1.